The van der Waals surface area contributed by atoms with Gasteiger partial charge in [0.25, 0.3) is 0 Å². The van der Waals surface area contributed by atoms with Gasteiger partial charge in [-0.1, -0.05) is 23.7 Å². The quantitative estimate of drug-likeness (QED) is 0.656. The summed E-state index contributed by atoms with van der Waals surface area (Å²) in [6, 6.07) is 5.47. The molecule has 0 saturated carbocycles. The number of nitrogens with zero attached hydrogens (tertiary/aromatic N) is 1. The number of fused-ring (bicyclic) bond motifs is 1. The SMILES string of the molecule is NNC(Cc1cccc(Cl)c1F)C1CN2CCCC2CO1. The topological polar surface area (TPSA) is 50.5 Å². The zero-order chi connectivity index (χ0) is 14.8. The fraction of sp³-hybridized carbons (Fsp3) is 0.600. The summed E-state index contributed by atoms with van der Waals surface area (Å²) in [4.78, 5) is 2.45. The third kappa shape index (κ3) is 3.22. The summed E-state index contributed by atoms with van der Waals surface area (Å²) < 4.78 is 20.0. The second-order valence-corrected chi connectivity index (χ2v) is 6.26. The van der Waals surface area contributed by atoms with Crippen LogP contribution in [0.15, 0.2) is 18.2 Å². The Morgan fingerprint density at radius 3 is 3.19 bits per heavy atom. The molecule has 116 valence electrons. The van der Waals surface area contributed by atoms with Gasteiger partial charge in [0.15, 0.2) is 0 Å². The number of morpholine rings is 1. The number of hydrogen-bond donors (Lipinski definition) is 2. The van der Waals surface area contributed by atoms with Gasteiger partial charge in [0.05, 0.1) is 23.8 Å². The average molecular weight is 314 g/mol. The molecule has 1 aromatic rings. The van der Waals surface area contributed by atoms with Gasteiger partial charge in [-0.3, -0.25) is 16.2 Å². The van der Waals surface area contributed by atoms with E-state index in [0.29, 0.717) is 18.0 Å². The van der Waals surface area contributed by atoms with Crippen LogP contribution in [0, 0.1) is 5.82 Å². The molecule has 21 heavy (non-hydrogen) atoms. The van der Waals surface area contributed by atoms with Crippen LogP contribution in [0.25, 0.3) is 0 Å². The summed E-state index contributed by atoms with van der Waals surface area (Å²) in [7, 11) is 0. The first-order chi connectivity index (χ1) is 10.2. The predicted molar refractivity (Wildman–Crippen MR) is 80.6 cm³/mol. The minimum atomic E-state index is -0.366. The highest BCUT2D eigenvalue weighted by molar-refractivity contribution is 6.30. The van der Waals surface area contributed by atoms with Crippen LogP contribution in [0.2, 0.25) is 5.02 Å². The minimum absolute atomic E-state index is 0.0252. The number of halogens is 2. The predicted octanol–water partition coefficient (Wildman–Crippen LogP) is 1.72. The van der Waals surface area contributed by atoms with E-state index in [1.165, 1.54) is 12.8 Å². The number of nitrogens with two attached hydrogens (primary N) is 1. The summed E-state index contributed by atoms with van der Waals surface area (Å²) >= 11 is 5.83. The van der Waals surface area contributed by atoms with E-state index in [1.807, 2.05) is 0 Å². The molecular formula is C15H21ClFN3O. The molecule has 0 radical (unpaired) electrons. The standard InChI is InChI=1S/C15H21ClFN3O/c16-12-5-1-3-10(15(12)17)7-13(19-18)14-8-20-6-2-4-11(20)9-21-14/h1,3,5,11,13-14,19H,2,4,6-9,18H2. The van der Waals surface area contributed by atoms with Gasteiger partial charge in [-0.2, -0.15) is 0 Å². The average Bonchev–Trinajstić information content (AvgIpc) is 2.96. The summed E-state index contributed by atoms with van der Waals surface area (Å²) in [5.74, 6) is 5.31. The van der Waals surface area contributed by atoms with Crippen molar-refractivity contribution in [2.24, 2.45) is 5.84 Å². The molecule has 1 aromatic carbocycles. The van der Waals surface area contributed by atoms with Crippen LogP contribution in [0.5, 0.6) is 0 Å². The largest absolute Gasteiger partial charge is 0.374 e. The van der Waals surface area contributed by atoms with E-state index < -0.39 is 0 Å². The summed E-state index contributed by atoms with van der Waals surface area (Å²) in [5.41, 5.74) is 3.35. The van der Waals surface area contributed by atoms with Gasteiger partial charge < -0.3 is 4.74 Å². The van der Waals surface area contributed by atoms with Crippen LogP contribution in [0.4, 0.5) is 4.39 Å². The molecule has 2 fully saturated rings. The van der Waals surface area contributed by atoms with Crippen molar-refractivity contribution in [1.29, 1.82) is 0 Å². The van der Waals surface area contributed by atoms with Gasteiger partial charge >= 0.3 is 0 Å². The Labute approximate surface area is 129 Å². The fourth-order valence-corrected chi connectivity index (χ4v) is 3.52. The van der Waals surface area contributed by atoms with Crippen molar-refractivity contribution in [3.05, 3.63) is 34.6 Å². The van der Waals surface area contributed by atoms with Gasteiger partial charge in [0, 0.05) is 12.6 Å². The van der Waals surface area contributed by atoms with E-state index in [9.17, 15) is 4.39 Å². The second-order valence-electron chi connectivity index (χ2n) is 5.85. The molecule has 3 unspecified atom stereocenters. The zero-order valence-electron chi connectivity index (χ0n) is 11.9. The van der Waals surface area contributed by atoms with Gasteiger partial charge in [-0.15, -0.1) is 0 Å². The molecule has 4 nitrogen and oxygen atoms in total. The lowest BCUT2D eigenvalue weighted by molar-refractivity contribution is -0.0645. The Bertz CT molecular complexity index is 502. The van der Waals surface area contributed by atoms with E-state index in [4.69, 9.17) is 22.2 Å². The second kappa shape index (κ2) is 6.58. The van der Waals surface area contributed by atoms with Crippen LogP contribution in [0.1, 0.15) is 18.4 Å². The van der Waals surface area contributed by atoms with E-state index in [1.54, 1.807) is 18.2 Å². The Balaban J connectivity index is 1.69. The minimum Gasteiger partial charge on any atom is -0.374 e. The molecule has 3 rings (SSSR count). The Morgan fingerprint density at radius 2 is 2.38 bits per heavy atom. The lowest BCUT2D eigenvalue weighted by Gasteiger charge is -2.38. The third-order valence-electron chi connectivity index (χ3n) is 4.55. The molecule has 0 spiro atoms. The number of nitrogens with one attached hydrogen (secondary N) is 1. The van der Waals surface area contributed by atoms with Crippen molar-refractivity contribution < 1.29 is 9.13 Å². The molecule has 0 bridgehead atoms. The summed E-state index contributed by atoms with van der Waals surface area (Å²) in [6.07, 6.45) is 2.87. The van der Waals surface area contributed by atoms with Crippen molar-refractivity contribution >= 4 is 11.6 Å². The van der Waals surface area contributed by atoms with Crippen LogP contribution < -0.4 is 11.3 Å². The number of rotatable bonds is 4. The van der Waals surface area contributed by atoms with Crippen LogP contribution in [-0.4, -0.2) is 42.8 Å². The third-order valence-corrected chi connectivity index (χ3v) is 4.84. The maximum atomic E-state index is 14.0. The monoisotopic (exact) mass is 313 g/mol. The molecule has 2 aliphatic rings. The van der Waals surface area contributed by atoms with Gasteiger partial charge in [0.1, 0.15) is 5.82 Å². The first kappa shape index (κ1) is 15.2. The van der Waals surface area contributed by atoms with Gasteiger partial charge in [-0.05, 0) is 37.4 Å². The van der Waals surface area contributed by atoms with Gasteiger partial charge in [0.2, 0.25) is 0 Å². The Hall–Kier alpha value is -0.720. The number of ether oxygens (including phenoxy) is 1. The van der Waals surface area contributed by atoms with E-state index in [2.05, 4.69) is 10.3 Å². The van der Waals surface area contributed by atoms with E-state index in [-0.39, 0.29) is 23.0 Å². The van der Waals surface area contributed by atoms with E-state index in [0.717, 1.165) is 19.7 Å². The first-order valence-corrected chi connectivity index (χ1v) is 7.81. The van der Waals surface area contributed by atoms with Crippen molar-refractivity contribution in [2.75, 3.05) is 19.7 Å². The fourth-order valence-electron chi connectivity index (χ4n) is 3.33. The maximum Gasteiger partial charge on any atom is 0.145 e. The highest BCUT2D eigenvalue weighted by atomic mass is 35.5. The highest BCUT2D eigenvalue weighted by Crippen LogP contribution is 2.25. The van der Waals surface area contributed by atoms with Crippen LogP contribution in [0.3, 0.4) is 0 Å². The highest BCUT2D eigenvalue weighted by Gasteiger charge is 2.35. The van der Waals surface area contributed by atoms with Crippen molar-refractivity contribution in [3.8, 4) is 0 Å². The number of hydrogen-bond acceptors (Lipinski definition) is 4. The Kier molecular flexibility index (Phi) is 4.76. The van der Waals surface area contributed by atoms with Crippen LogP contribution in [-0.2, 0) is 11.2 Å². The molecule has 3 atom stereocenters. The molecule has 3 N–H and O–H groups in total. The smallest absolute Gasteiger partial charge is 0.145 e. The van der Waals surface area contributed by atoms with Gasteiger partial charge in [-0.25, -0.2) is 4.39 Å². The molecular weight excluding hydrogens is 293 g/mol. The molecule has 2 aliphatic heterocycles. The number of hydrazine groups is 1. The van der Waals surface area contributed by atoms with Crippen molar-refractivity contribution in [1.82, 2.24) is 10.3 Å². The first-order valence-electron chi connectivity index (χ1n) is 7.43. The van der Waals surface area contributed by atoms with Crippen molar-refractivity contribution in [2.45, 2.75) is 37.5 Å². The molecule has 2 saturated heterocycles. The summed E-state index contributed by atoms with van der Waals surface area (Å²) in [5, 5.41) is 0.146. The molecule has 0 amide bonds. The number of benzene rings is 1. The lowest BCUT2D eigenvalue weighted by Crippen LogP contribution is -2.56. The maximum absolute atomic E-state index is 14.0. The Morgan fingerprint density at radius 1 is 1.52 bits per heavy atom. The zero-order valence-corrected chi connectivity index (χ0v) is 12.7. The molecule has 0 aromatic heterocycles. The molecule has 0 aliphatic carbocycles. The van der Waals surface area contributed by atoms with Crippen LogP contribution >= 0.6 is 11.6 Å². The summed E-state index contributed by atoms with van der Waals surface area (Å²) in [6.45, 7) is 2.70. The van der Waals surface area contributed by atoms with E-state index >= 15 is 0 Å². The molecule has 6 heteroatoms. The molecule has 2 heterocycles. The van der Waals surface area contributed by atoms with Crippen molar-refractivity contribution in [3.63, 3.8) is 0 Å². The normalized spacial score (nSPS) is 27.6. The lowest BCUT2D eigenvalue weighted by atomic mass is 9.99.